The molecule has 11 heteroatoms. The number of ether oxygens (including phenoxy) is 1. The van der Waals surface area contributed by atoms with Gasteiger partial charge in [0.25, 0.3) is 5.91 Å². The molecule has 0 unspecified atom stereocenters. The molecule has 1 spiro atoms. The second kappa shape index (κ2) is 8.27. The number of nitrogens with zero attached hydrogens (tertiary/aromatic N) is 3. The van der Waals surface area contributed by atoms with Gasteiger partial charge in [0.1, 0.15) is 11.6 Å². The Morgan fingerprint density at radius 1 is 1.24 bits per heavy atom. The molecule has 1 amide bonds. The zero-order valence-electron chi connectivity index (χ0n) is 17.4. The Kier molecular flexibility index (Phi) is 5.41. The Bertz CT molecular complexity index is 1150. The second-order valence-electron chi connectivity index (χ2n) is 8.22. The summed E-state index contributed by atoms with van der Waals surface area (Å²) in [6, 6.07) is 9.09. The molecule has 1 aliphatic carbocycles. The number of aromatic amines is 1. The zero-order valence-corrected chi connectivity index (χ0v) is 18.2. The van der Waals surface area contributed by atoms with E-state index >= 15 is 0 Å². The number of anilines is 2. The van der Waals surface area contributed by atoms with Crippen molar-refractivity contribution < 1.29 is 18.3 Å². The average molecular weight is 475 g/mol. The summed E-state index contributed by atoms with van der Waals surface area (Å²) in [6.45, 7) is 2.56. The van der Waals surface area contributed by atoms with Crippen molar-refractivity contribution in [3.63, 3.8) is 0 Å². The molecule has 2 aromatic heterocycles. The molecule has 0 atom stereocenters. The third kappa shape index (κ3) is 4.91. The van der Waals surface area contributed by atoms with Crippen LogP contribution < -0.4 is 20.3 Å². The smallest absolute Gasteiger partial charge is 0.420 e. The number of pyridine rings is 1. The molecular formula is C22H21ClF2N6O2. The summed E-state index contributed by atoms with van der Waals surface area (Å²) in [5.74, 6) is 0.294. The van der Waals surface area contributed by atoms with Crippen molar-refractivity contribution in [3.8, 4) is 17.0 Å². The first kappa shape index (κ1) is 21.6. The van der Waals surface area contributed by atoms with Crippen molar-refractivity contribution in [2.45, 2.75) is 23.9 Å². The van der Waals surface area contributed by atoms with Crippen molar-refractivity contribution in [1.82, 2.24) is 20.5 Å². The molecule has 2 aliphatic rings. The third-order valence-electron chi connectivity index (χ3n) is 5.79. The molecule has 2 fully saturated rings. The first-order chi connectivity index (χ1) is 15.8. The maximum atomic E-state index is 12.9. The Balaban J connectivity index is 1.37. The Labute approximate surface area is 193 Å². The van der Waals surface area contributed by atoms with Gasteiger partial charge in [0.2, 0.25) is 0 Å². The molecular weight excluding hydrogens is 454 g/mol. The fourth-order valence-electron chi connectivity index (χ4n) is 4.00. The third-order valence-corrected chi connectivity index (χ3v) is 5.87. The van der Waals surface area contributed by atoms with Crippen LogP contribution in [-0.4, -0.2) is 51.8 Å². The molecule has 0 radical (unpaired) electrons. The average Bonchev–Trinajstić information content (AvgIpc) is 3.30. The van der Waals surface area contributed by atoms with Crippen molar-refractivity contribution >= 4 is 29.0 Å². The van der Waals surface area contributed by atoms with Gasteiger partial charge in [0.05, 0.1) is 11.3 Å². The molecule has 33 heavy (non-hydrogen) atoms. The Hall–Kier alpha value is -3.24. The fourth-order valence-corrected chi connectivity index (χ4v) is 4.09. The summed E-state index contributed by atoms with van der Waals surface area (Å²) < 4.78 is 29.8. The summed E-state index contributed by atoms with van der Waals surface area (Å²) in [7, 11) is 0. The summed E-state index contributed by atoms with van der Waals surface area (Å²) in [6.07, 6.45) is 5.49. The SMILES string of the molecule is O=C(Nc1ccc(OC(F)(F)Cl)cc1)c1cnc(N2CCNC3(CC3)C2)c(-c2ccn[nH]2)c1. The first-order valence-corrected chi connectivity index (χ1v) is 10.9. The lowest BCUT2D eigenvalue weighted by atomic mass is 10.1. The number of alkyl halides is 3. The van der Waals surface area contributed by atoms with Crippen LogP contribution in [0.5, 0.6) is 5.75 Å². The number of carbonyl (C=O) groups excluding carboxylic acids is 1. The summed E-state index contributed by atoms with van der Waals surface area (Å²) in [5.41, 5.74) is -1.32. The molecule has 8 nitrogen and oxygen atoms in total. The number of carbonyl (C=O) groups is 1. The Morgan fingerprint density at radius 2 is 2.03 bits per heavy atom. The molecule has 0 bridgehead atoms. The topological polar surface area (TPSA) is 95.2 Å². The van der Waals surface area contributed by atoms with Crippen LogP contribution in [0.4, 0.5) is 20.3 Å². The van der Waals surface area contributed by atoms with Gasteiger partial charge >= 0.3 is 5.57 Å². The predicted molar refractivity (Wildman–Crippen MR) is 120 cm³/mol. The molecule has 1 saturated carbocycles. The molecule has 3 N–H and O–H groups in total. The van der Waals surface area contributed by atoms with Crippen LogP contribution in [0.1, 0.15) is 23.2 Å². The summed E-state index contributed by atoms with van der Waals surface area (Å²) >= 11 is 4.77. The standard InChI is InChI=1S/C22H21ClF2N6O2/c23-22(24,25)33-16-3-1-15(2-4-16)29-20(32)14-11-17(18-5-8-28-30-18)19(26-12-14)31-10-9-27-21(13-31)6-7-21/h1-5,8,11-12,27H,6-7,9-10,13H2,(H,28,30)(H,29,32). The van der Waals surface area contributed by atoms with Crippen molar-refractivity contribution in [1.29, 1.82) is 0 Å². The molecule has 172 valence electrons. The van der Waals surface area contributed by atoms with E-state index < -0.39 is 5.57 Å². The van der Waals surface area contributed by atoms with Crippen LogP contribution in [0, 0.1) is 0 Å². The predicted octanol–water partition coefficient (Wildman–Crippen LogP) is 3.83. The molecule has 1 saturated heterocycles. The number of rotatable bonds is 6. The molecule has 3 heterocycles. The molecule has 5 rings (SSSR count). The van der Waals surface area contributed by atoms with E-state index in [1.807, 2.05) is 6.07 Å². The molecule has 1 aliphatic heterocycles. The minimum absolute atomic E-state index is 0.120. The number of piperazine rings is 1. The van der Waals surface area contributed by atoms with Gasteiger partial charge < -0.3 is 20.3 Å². The van der Waals surface area contributed by atoms with Gasteiger partial charge in [-0.05, 0) is 49.2 Å². The summed E-state index contributed by atoms with van der Waals surface area (Å²) in [4.78, 5) is 19.8. The first-order valence-electron chi connectivity index (χ1n) is 10.5. The van der Waals surface area contributed by atoms with E-state index in [0.29, 0.717) is 11.3 Å². The number of nitrogens with one attached hydrogen (secondary N) is 3. The lowest BCUT2D eigenvalue weighted by Gasteiger charge is -2.35. The minimum atomic E-state index is -3.80. The van der Waals surface area contributed by atoms with Gasteiger partial charge in [-0.1, -0.05) is 0 Å². The van der Waals surface area contributed by atoms with Gasteiger partial charge in [0.15, 0.2) is 0 Å². The van der Waals surface area contributed by atoms with Crippen molar-refractivity contribution in [2.24, 2.45) is 0 Å². The number of benzene rings is 1. The van der Waals surface area contributed by atoms with E-state index in [4.69, 9.17) is 11.6 Å². The van der Waals surface area contributed by atoms with Crippen LogP contribution >= 0.6 is 11.6 Å². The van der Waals surface area contributed by atoms with Crippen molar-refractivity contribution in [2.75, 3.05) is 29.9 Å². The highest BCUT2D eigenvalue weighted by Crippen LogP contribution is 2.40. The molecule has 1 aromatic carbocycles. The zero-order chi connectivity index (χ0) is 23.1. The highest BCUT2D eigenvalue weighted by molar-refractivity contribution is 6.20. The fraction of sp³-hybridized carbons (Fsp3) is 0.318. The van der Waals surface area contributed by atoms with Gasteiger partial charge in [-0.15, -0.1) is 8.78 Å². The van der Waals surface area contributed by atoms with Crippen LogP contribution in [0.15, 0.2) is 48.8 Å². The van der Waals surface area contributed by atoms with E-state index in [1.165, 1.54) is 30.5 Å². The number of halogens is 3. The van der Waals surface area contributed by atoms with Gasteiger partial charge in [-0.3, -0.25) is 9.89 Å². The number of hydrogen-bond donors (Lipinski definition) is 3. The minimum Gasteiger partial charge on any atom is -0.420 e. The van der Waals surface area contributed by atoms with Crippen LogP contribution in [-0.2, 0) is 0 Å². The van der Waals surface area contributed by atoms with Gasteiger partial charge in [0, 0.05) is 60.4 Å². The van der Waals surface area contributed by atoms with E-state index in [-0.39, 0.29) is 17.2 Å². The largest absolute Gasteiger partial charge is 0.487 e. The second-order valence-corrected chi connectivity index (χ2v) is 8.66. The van der Waals surface area contributed by atoms with Crippen LogP contribution in [0.2, 0.25) is 0 Å². The number of hydrogen-bond acceptors (Lipinski definition) is 6. The summed E-state index contributed by atoms with van der Waals surface area (Å²) in [5, 5.41) is 13.3. The normalized spacial score (nSPS) is 17.1. The van der Waals surface area contributed by atoms with E-state index in [9.17, 15) is 13.6 Å². The van der Waals surface area contributed by atoms with Crippen LogP contribution in [0.25, 0.3) is 11.3 Å². The van der Waals surface area contributed by atoms with E-state index in [0.717, 1.165) is 49.6 Å². The monoisotopic (exact) mass is 474 g/mol. The van der Waals surface area contributed by atoms with E-state index in [2.05, 4.69) is 35.5 Å². The highest BCUT2D eigenvalue weighted by Gasteiger charge is 2.46. The van der Waals surface area contributed by atoms with Gasteiger partial charge in [-0.2, -0.15) is 5.10 Å². The van der Waals surface area contributed by atoms with Gasteiger partial charge in [-0.25, -0.2) is 4.98 Å². The number of aromatic nitrogens is 3. The lowest BCUT2D eigenvalue weighted by molar-refractivity contribution is -0.0964. The number of H-pyrrole nitrogens is 1. The molecule has 3 aromatic rings. The highest BCUT2D eigenvalue weighted by atomic mass is 35.5. The lowest BCUT2D eigenvalue weighted by Crippen LogP contribution is -2.53. The van der Waals surface area contributed by atoms with E-state index in [1.54, 1.807) is 12.3 Å². The van der Waals surface area contributed by atoms with Crippen molar-refractivity contribution in [3.05, 3.63) is 54.4 Å². The van der Waals surface area contributed by atoms with Crippen LogP contribution in [0.3, 0.4) is 0 Å². The Morgan fingerprint density at radius 3 is 2.70 bits per heavy atom. The maximum absolute atomic E-state index is 12.9. The quantitative estimate of drug-likeness (QED) is 0.470. The maximum Gasteiger partial charge on any atom is 0.487 e. The number of amides is 1.